The number of rotatable bonds is 7. The Hall–Kier alpha value is -2.17. The van der Waals surface area contributed by atoms with Gasteiger partial charge in [-0.05, 0) is 5.92 Å². The average Bonchev–Trinajstić information content (AvgIpc) is 2.89. The SMILES string of the molecule is CC(C)C(N)C(=O)OCCOCn1cnc2c(=O)[nH]c(N)nc21.Cl. The monoisotopic (exact) mass is 360 g/mol. The Labute approximate surface area is 143 Å². The standard InChI is InChI=1S/C13H20N6O4.ClH/c1-7(2)8(14)12(21)23-4-3-22-6-19-5-16-9-10(19)17-13(15)18-11(9)20;/h5,7-8H,3-4,6,14H2,1-2H3,(H3,15,17,18,20);1H. The van der Waals surface area contributed by atoms with E-state index in [1.807, 2.05) is 13.8 Å². The topological polar surface area (TPSA) is 151 Å². The second-order valence-electron chi connectivity index (χ2n) is 5.31. The molecule has 0 radical (unpaired) electrons. The van der Waals surface area contributed by atoms with E-state index in [2.05, 4.69) is 15.0 Å². The number of hydrogen-bond acceptors (Lipinski definition) is 8. The average molecular weight is 361 g/mol. The van der Waals surface area contributed by atoms with Crippen molar-refractivity contribution in [2.75, 3.05) is 18.9 Å². The van der Waals surface area contributed by atoms with Gasteiger partial charge in [-0.15, -0.1) is 12.4 Å². The van der Waals surface area contributed by atoms with Crippen molar-refractivity contribution in [3.8, 4) is 0 Å². The predicted molar refractivity (Wildman–Crippen MR) is 89.5 cm³/mol. The number of esters is 1. The number of aromatic nitrogens is 4. The molecule has 2 aromatic rings. The molecule has 2 rings (SSSR count). The van der Waals surface area contributed by atoms with E-state index in [-0.39, 0.29) is 49.7 Å². The van der Waals surface area contributed by atoms with E-state index in [1.165, 1.54) is 10.9 Å². The second kappa shape index (κ2) is 8.62. The summed E-state index contributed by atoms with van der Waals surface area (Å²) >= 11 is 0. The van der Waals surface area contributed by atoms with Gasteiger partial charge < -0.3 is 20.9 Å². The number of halogens is 1. The van der Waals surface area contributed by atoms with Crippen LogP contribution in [0.15, 0.2) is 11.1 Å². The molecule has 0 saturated carbocycles. The van der Waals surface area contributed by atoms with Crippen LogP contribution in [0.2, 0.25) is 0 Å². The predicted octanol–water partition coefficient (Wildman–Crippen LogP) is -0.376. The molecule has 134 valence electrons. The maximum Gasteiger partial charge on any atom is 0.323 e. The minimum absolute atomic E-state index is 0. The molecular weight excluding hydrogens is 340 g/mol. The van der Waals surface area contributed by atoms with E-state index < -0.39 is 17.6 Å². The van der Waals surface area contributed by atoms with E-state index in [0.717, 1.165) is 0 Å². The molecule has 1 atom stereocenters. The molecule has 2 aromatic heterocycles. The number of ether oxygens (including phenoxy) is 2. The van der Waals surface area contributed by atoms with Crippen LogP contribution in [0.4, 0.5) is 5.95 Å². The fourth-order valence-corrected chi connectivity index (χ4v) is 1.80. The molecule has 0 aliphatic carbocycles. The van der Waals surface area contributed by atoms with Crippen molar-refractivity contribution in [3.63, 3.8) is 0 Å². The molecule has 0 bridgehead atoms. The normalized spacial score (nSPS) is 12.2. The first-order valence-corrected chi connectivity index (χ1v) is 7.10. The van der Waals surface area contributed by atoms with Gasteiger partial charge in [-0.3, -0.25) is 19.1 Å². The molecule has 0 aliphatic rings. The zero-order valence-corrected chi connectivity index (χ0v) is 14.2. The van der Waals surface area contributed by atoms with Crippen LogP contribution in [0.1, 0.15) is 13.8 Å². The summed E-state index contributed by atoms with van der Waals surface area (Å²) in [6.45, 7) is 4.04. The minimum atomic E-state index is -0.647. The summed E-state index contributed by atoms with van der Waals surface area (Å²) < 4.78 is 11.9. The van der Waals surface area contributed by atoms with Crippen molar-refractivity contribution in [2.24, 2.45) is 11.7 Å². The first-order chi connectivity index (χ1) is 10.9. The highest BCUT2D eigenvalue weighted by atomic mass is 35.5. The van der Waals surface area contributed by atoms with Gasteiger partial charge in [0.2, 0.25) is 5.95 Å². The first kappa shape index (κ1) is 19.9. The third-order valence-electron chi connectivity index (χ3n) is 3.19. The van der Waals surface area contributed by atoms with Crippen molar-refractivity contribution < 1.29 is 14.3 Å². The van der Waals surface area contributed by atoms with Crippen LogP contribution in [0, 0.1) is 5.92 Å². The Morgan fingerprint density at radius 1 is 1.42 bits per heavy atom. The number of H-pyrrole nitrogens is 1. The van der Waals surface area contributed by atoms with Crippen molar-refractivity contribution in [3.05, 3.63) is 16.7 Å². The fraction of sp³-hybridized carbons (Fsp3) is 0.538. The molecular formula is C13H21ClN6O4. The van der Waals surface area contributed by atoms with E-state index in [1.54, 1.807) is 0 Å². The van der Waals surface area contributed by atoms with Gasteiger partial charge in [0.25, 0.3) is 5.56 Å². The number of fused-ring (bicyclic) bond motifs is 1. The number of imidazole rings is 1. The zero-order chi connectivity index (χ0) is 17.0. The summed E-state index contributed by atoms with van der Waals surface area (Å²) in [6.07, 6.45) is 1.42. The van der Waals surface area contributed by atoms with Crippen LogP contribution in [0.5, 0.6) is 0 Å². The Morgan fingerprint density at radius 2 is 2.12 bits per heavy atom. The highest BCUT2D eigenvalue weighted by molar-refractivity contribution is 5.85. The zero-order valence-electron chi connectivity index (χ0n) is 13.4. The lowest BCUT2D eigenvalue weighted by atomic mass is 10.1. The minimum Gasteiger partial charge on any atom is -0.462 e. The summed E-state index contributed by atoms with van der Waals surface area (Å²) in [4.78, 5) is 33.5. The van der Waals surface area contributed by atoms with Crippen LogP contribution >= 0.6 is 12.4 Å². The second-order valence-corrected chi connectivity index (χ2v) is 5.31. The van der Waals surface area contributed by atoms with E-state index in [0.29, 0.717) is 5.65 Å². The molecule has 24 heavy (non-hydrogen) atoms. The third-order valence-corrected chi connectivity index (χ3v) is 3.19. The maximum absolute atomic E-state index is 11.6. The molecule has 0 saturated heterocycles. The first-order valence-electron chi connectivity index (χ1n) is 7.10. The van der Waals surface area contributed by atoms with Gasteiger partial charge in [-0.25, -0.2) is 4.98 Å². The summed E-state index contributed by atoms with van der Waals surface area (Å²) in [7, 11) is 0. The van der Waals surface area contributed by atoms with Crippen LogP contribution < -0.4 is 17.0 Å². The lowest BCUT2D eigenvalue weighted by Gasteiger charge is -2.14. The van der Waals surface area contributed by atoms with Gasteiger partial charge in [0.15, 0.2) is 11.2 Å². The summed E-state index contributed by atoms with van der Waals surface area (Å²) in [5.41, 5.74) is 11.2. The van der Waals surface area contributed by atoms with Crippen LogP contribution in [-0.2, 0) is 21.0 Å². The van der Waals surface area contributed by atoms with E-state index in [4.69, 9.17) is 20.9 Å². The molecule has 0 spiro atoms. The summed E-state index contributed by atoms with van der Waals surface area (Å²) in [6, 6.07) is -0.647. The molecule has 11 heteroatoms. The number of aromatic amines is 1. The summed E-state index contributed by atoms with van der Waals surface area (Å²) in [5, 5.41) is 0. The maximum atomic E-state index is 11.6. The Bertz CT molecular complexity index is 744. The van der Waals surface area contributed by atoms with Gasteiger partial charge >= 0.3 is 5.97 Å². The Kier molecular flexibility index (Phi) is 7.14. The number of nitrogens with zero attached hydrogens (tertiary/aromatic N) is 3. The van der Waals surface area contributed by atoms with Crippen molar-refractivity contribution in [1.82, 2.24) is 19.5 Å². The molecule has 0 aliphatic heterocycles. The van der Waals surface area contributed by atoms with Gasteiger partial charge in [-0.2, -0.15) is 4.98 Å². The molecule has 0 aromatic carbocycles. The lowest BCUT2D eigenvalue weighted by Crippen LogP contribution is -2.37. The third kappa shape index (κ3) is 4.66. The molecule has 2 heterocycles. The van der Waals surface area contributed by atoms with E-state index in [9.17, 15) is 9.59 Å². The molecule has 0 amide bonds. The fourth-order valence-electron chi connectivity index (χ4n) is 1.80. The van der Waals surface area contributed by atoms with Crippen molar-refractivity contribution >= 4 is 35.5 Å². The smallest absolute Gasteiger partial charge is 0.323 e. The van der Waals surface area contributed by atoms with Crippen LogP contribution in [0.25, 0.3) is 11.2 Å². The molecule has 0 fully saturated rings. The Balaban J connectivity index is 0.00000288. The van der Waals surface area contributed by atoms with Crippen LogP contribution in [-0.4, -0.2) is 44.7 Å². The van der Waals surface area contributed by atoms with Gasteiger partial charge in [0.05, 0.1) is 12.9 Å². The number of anilines is 1. The number of carbonyl (C=O) groups excluding carboxylic acids is 1. The quantitative estimate of drug-likeness (QED) is 0.446. The lowest BCUT2D eigenvalue weighted by molar-refractivity contribution is -0.148. The molecule has 5 N–H and O–H groups in total. The number of nitrogen functional groups attached to an aromatic ring is 1. The van der Waals surface area contributed by atoms with Crippen molar-refractivity contribution in [1.29, 1.82) is 0 Å². The highest BCUT2D eigenvalue weighted by Crippen LogP contribution is 2.06. The van der Waals surface area contributed by atoms with Gasteiger partial charge in [0, 0.05) is 0 Å². The molecule has 10 nitrogen and oxygen atoms in total. The number of nitrogens with one attached hydrogen (secondary N) is 1. The highest BCUT2D eigenvalue weighted by Gasteiger charge is 2.18. The van der Waals surface area contributed by atoms with Crippen molar-refractivity contribution in [2.45, 2.75) is 26.6 Å². The van der Waals surface area contributed by atoms with E-state index >= 15 is 0 Å². The number of nitrogens with two attached hydrogens (primary N) is 2. The van der Waals surface area contributed by atoms with Crippen LogP contribution in [0.3, 0.4) is 0 Å². The molecule has 1 unspecified atom stereocenters. The number of hydrogen-bond donors (Lipinski definition) is 3. The Morgan fingerprint density at radius 3 is 2.79 bits per heavy atom. The summed E-state index contributed by atoms with van der Waals surface area (Å²) in [5.74, 6) is -0.450. The van der Waals surface area contributed by atoms with Gasteiger partial charge in [0.1, 0.15) is 19.4 Å². The number of carbonyl (C=O) groups is 1. The largest absolute Gasteiger partial charge is 0.462 e. The van der Waals surface area contributed by atoms with Gasteiger partial charge in [-0.1, -0.05) is 13.8 Å².